The number of carboxylic acid groups (broad SMARTS) is 1. The van der Waals surface area contributed by atoms with Crippen molar-refractivity contribution in [1.29, 1.82) is 0 Å². The molecule has 6 nitrogen and oxygen atoms in total. The van der Waals surface area contributed by atoms with Crippen LogP contribution >= 0.6 is 0 Å². The summed E-state index contributed by atoms with van der Waals surface area (Å²) in [5.41, 5.74) is 0. The number of aliphatic carboxylic acids is 1. The maximum absolute atomic E-state index is 10.8. The van der Waals surface area contributed by atoms with E-state index in [1.807, 2.05) is 0 Å². The fourth-order valence-electron chi connectivity index (χ4n) is 3.08. The van der Waals surface area contributed by atoms with E-state index in [-0.39, 0.29) is 6.04 Å². The molecular formula is C24H51NO5S. The highest BCUT2D eigenvalue weighted by Gasteiger charge is 2.11. The van der Waals surface area contributed by atoms with Gasteiger partial charge < -0.3 is 5.11 Å². The van der Waals surface area contributed by atoms with Crippen LogP contribution in [0.15, 0.2) is 0 Å². The monoisotopic (exact) mass is 465 g/mol. The van der Waals surface area contributed by atoms with E-state index in [2.05, 4.69) is 6.92 Å². The summed E-state index contributed by atoms with van der Waals surface area (Å²) < 4.78 is 26.3. The lowest BCUT2D eigenvalue weighted by atomic mass is 10.0. The summed E-state index contributed by atoms with van der Waals surface area (Å²) in [4.78, 5) is 11.7. The first-order valence-electron chi connectivity index (χ1n) is 12.4. The van der Waals surface area contributed by atoms with Gasteiger partial charge in [-0.05, 0) is 27.4 Å². The van der Waals surface area contributed by atoms with E-state index in [4.69, 9.17) is 9.29 Å². The van der Waals surface area contributed by atoms with E-state index in [0.29, 0.717) is 6.61 Å². The lowest BCUT2D eigenvalue weighted by molar-refractivity contribution is -0.141. The number of unbranched alkanes of at least 4 members (excludes halogenated alkanes) is 15. The van der Waals surface area contributed by atoms with Crippen LogP contribution in [0.2, 0.25) is 0 Å². The van der Waals surface area contributed by atoms with Crippen LogP contribution < -0.4 is 0 Å². The highest BCUT2D eigenvalue weighted by Crippen LogP contribution is 2.13. The van der Waals surface area contributed by atoms with Crippen LogP contribution in [0, 0.1) is 0 Å². The van der Waals surface area contributed by atoms with Crippen LogP contribution in [-0.2, 0) is 19.1 Å². The van der Waals surface area contributed by atoms with Crippen molar-refractivity contribution in [2.75, 3.05) is 27.0 Å². The molecular weight excluding hydrogens is 414 g/mol. The Bertz CT molecular complexity index is 494. The van der Waals surface area contributed by atoms with Crippen LogP contribution in [0.25, 0.3) is 0 Å². The summed E-state index contributed by atoms with van der Waals surface area (Å²) in [6.07, 6.45) is 22.3. The van der Waals surface area contributed by atoms with Gasteiger partial charge in [0, 0.05) is 0 Å². The fraction of sp³-hybridized carbons (Fsp3) is 0.958. The van der Waals surface area contributed by atoms with Gasteiger partial charge in [0.1, 0.15) is 6.04 Å². The van der Waals surface area contributed by atoms with Crippen LogP contribution in [0.5, 0.6) is 0 Å². The van der Waals surface area contributed by atoms with Crippen LogP contribution in [0.1, 0.15) is 117 Å². The molecule has 0 aliphatic heterocycles. The Balaban J connectivity index is 0. The van der Waals surface area contributed by atoms with Crippen molar-refractivity contribution in [2.45, 2.75) is 123 Å². The number of carbonyl (C=O) groups is 1. The first kappa shape index (κ1) is 32.5. The maximum atomic E-state index is 10.8. The highest BCUT2D eigenvalue weighted by molar-refractivity contribution is 7.85. The Kier molecular flexibility index (Phi) is 23.6. The third-order valence-corrected chi connectivity index (χ3v) is 6.02. The van der Waals surface area contributed by atoms with E-state index in [1.165, 1.54) is 89.9 Å². The topological polar surface area (TPSA) is 83.9 Å². The Morgan fingerprint density at radius 1 is 0.774 bits per heavy atom. The zero-order valence-corrected chi connectivity index (χ0v) is 21.9. The molecule has 0 bridgehead atoms. The van der Waals surface area contributed by atoms with Gasteiger partial charge in [-0.25, -0.2) is 0 Å². The quantitative estimate of drug-likeness (QED) is 0.169. The predicted molar refractivity (Wildman–Crippen MR) is 131 cm³/mol. The van der Waals surface area contributed by atoms with Crippen molar-refractivity contribution in [3.63, 3.8) is 0 Å². The molecule has 0 rings (SSSR count). The number of rotatable bonds is 20. The van der Waals surface area contributed by atoms with E-state index in [9.17, 15) is 13.2 Å². The number of hydrogen-bond acceptors (Lipinski definition) is 5. The van der Waals surface area contributed by atoms with Crippen LogP contribution in [0.4, 0.5) is 0 Å². The second-order valence-corrected chi connectivity index (χ2v) is 10.5. The number of hydrogen-bond donors (Lipinski definition) is 1. The molecule has 0 aromatic heterocycles. The summed E-state index contributed by atoms with van der Waals surface area (Å²) in [5.74, 6) is -0.782. The Morgan fingerprint density at radius 3 is 1.32 bits per heavy atom. The summed E-state index contributed by atoms with van der Waals surface area (Å²) >= 11 is 0. The molecule has 1 N–H and O–H groups in total. The van der Waals surface area contributed by atoms with E-state index in [1.54, 1.807) is 25.9 Å². The van der Waals surface area contributed by atoms with Gasteiger partial charge in [0.25, 0.3) is 10.1 Å². The van der Waals surface area contributed by atoms with Crippen molar-refractivity contribution in [3.05, 3.63) is 0 Å². The Hall–Kier alpha value is -0.660. The average Bonchev–Trinajstić information content (AvgIpc) is 2.69. The van der Waals surface area contributed by atoms with Crippen molar-refractivity contribution < 1.29 is 22.5 Å². The minimum absolute atomic E-state index is 0.345. The molecule has 7 heteroatoms. The Morgan fingerprint density at radius 2 is 1.10 bits per heavy atom. The second kappa shape index (κ2) is 22.5. The van der Waals surface area contributed by atoms with E-state index < -0.39 is 16.1 Å². The molecule has 0 fully saturated rings. The van der Waals surface area contributed by atoms with E-state index in [0.717, 1.165) is 19.1 Å². The molecule has 1 atom stereocenters. The standard InChI is InChI=1S/C19H40O3S.C5H11NO2/c1-3-4-5-6-7-8-9-10-11-12-13-14-15-16-17-18-19-22-23(2,20)21;1-4(5(7)8)6(2)3/h3-19H2,1-2H3;4H,1-3H3,(H,7,8). The van der Waals surface area contributed by atoms with Gasteiger partial charge in [0.15, 0.2) is 0 Å². The molecule has 0 saturated heterocycles. The van der Waals surface area contributed by atoms with Crippen molar-refractivity contribution in [3.8, 4) is 0 Å². The molecule has 0 heterocycles. The molecule has 0 aromatic rings. The van der Waals surface area contributed by atoms with Crippen LogP contribution in [0.3, 0.4) is 0 Å². The van der Waals surface area contributed by atoms with Gasteiger partial charge in [0.2, 0.25) is 0 Å². The highest BCUT2D eigenvalue weighted by atomic mass is 32.2. The van der Waals surface area contributed by atoms with Crippen molar-refractivity contribution in [1.82, 2.24) is 4.90 Å². The molecule has 0 saturated carbocycles. The number of nitrogens with zero attached hydrogens (tertiary/aromatic N) is 1. The van der Waals surface area contributed by atoms with Gasteiger partial charge in [0.05, 0.1) is 12.9 Å². The number of likely N-dealkylation sites (N-methyl/N-ethyl adjacent to an activating group) is 1. The normalized spacial score (nSPS) is 12.5. The first-order chi connectivity index (χ1) is 14.6. The zero-order chi connectivity index (χ0) is 24.0. The summed E-state index contributed by atoms with van der Waals surface area (Å²) in [6.45, 7) is 4.26. The molecule has 0 aromatic carbocycles. The van der Waals surface area contributed by atoms with Crippen LogP contribution in [-0.4, -0.2) is 57.4 Å². The minimum Gasteiger partial charge on any atom is -0.480 e. The first-order valence-corrected chi connectivity index (χ1v) is 14.2. The zero-order valence-electron chi connectivity index (χ0n) is 21.0. The molecule has 0 amide bonds. The third kappa shape index (κ3) is 29.3. The maximum Gasteiger partial charge on any atom is 0.320 e. The van der Waals surface area contributed by atoms with Gasteiger partial charge in [-0.1, -0.05) is 103 Å². The van der Waals surface area contributed by atoms with Gasteiger partial charge >= 0.3 is 5.97 Å². The predicted octanol–water partition coefficient (Wildman–Crippen LogP) is 6.25. The number of carboxylic acids is 1. The Labute approximate surface area is 193 Å². The molecule has 0 aliphatic rings. The molecule has 0 spiro atoms. The van der Waals surface area contributed by atoms with Crippen molar-refractivity contribution >= 4 is 16.1 Å². The summed E-state index contributed by atoms with van der Waals surface area (Å²) in [5, 5.41) is 8.31. The van der Waals surface area contributed by atoms with Crippen molar-refractivity contribution in [2.24, 2.45) is 0 Å². The second-order valence-electron chi connectivity index (χ2n) is 8.81. The fourth-order valence-corrected chi connectivity index (χ4v) is 3.50. The lowest BCUT2D eigenvalue weighted by Crippen LogP contribution is -2.32. The molecule has 0 radical (unpaired) electrons. The van der Waals surface area contributed by atoms with E-state index >= 15 is 0 Å². The molecule has 0 aliphatic carbocycles. The largest absolute Gasteiger partial charge is 0.480 e. The lowest BCUT2D eigenvalue weighted by Gasteiger charge is -2.13. The van der Waals surface area contributed by atoms with Gasteiger partial charge in [-0.15, -0.1) is 0 Å². The molecule has 1 unspecified atom stereocenters. The smallest absolute Gasteiger partial charge is 0.320 e. The van der Waals surface area contributed by atoms with Gasteiger partial charge in [-0.3, -0.25) is 13.9 Å². The molecule has 188 valence electrons. The average molecular weight is 466 g/mol. The SMILES string of the molecule is CC(C(=O)O)N(C)C.CCCCCCCCCCCCCCCCCCOS(C)(=O)=O. The summed E-state index contributed by atoms with van der Waals surface area (Å²) in [7, 11) is 0.225. The van der Waals surface area contributed by atoms with Gasteiger partial charge in [-0.2, -0.15) is 8.42 Å². The third-order valence-electron chi connectivity index (χ3n) is 5.43. The minimum atomic E-state index is -3.24. The molecule has 31 heavy (non-hydrogen) atoms. The summed E-state index contributed by atoms with van der Waals surface area (Å²) in [6, 6.07) is -0.380.